The maximum absolute atomic E-state index is 12.9. The summed E-state index contributed by atoms with van der Waals surface area (Å²) in [6.07, 6.45) is 8.52. The van der Waals surface area contributed by atoms with Crippen LogP contribution in [0.4, 0.5) is 0 Å². The number of rotatable bonds is 2. The van der Waals surface area contributed by atoms with Crippen molar-refractivity contribution in [3.8, 4) is 0 Å². The van der Waals surface area contributed by atoms with Crippen molar-refractivity contribution < 1.29 is 14.7 Å². The Kier molecular flexibility index (Phi) is 3.81. The first-order valence-electron chi connectivity index (χ1n) is 8.90. The number of Topliss-reactive ketones (excluding diaryl/α,β-unsaturated/α-hetero) is 1. The summed E-state index contributed by atoms with van der Waals surface area (Å²) in [5.74, 6) is 0.0990. The van der Waals surface area contributed by atoms with E-state index in [-0.39, 0.29) is 29.0 Å². The Morgan fingerprint density at radius 2 is 1.91 bits per heavy atom. The van der Waals surface area contributed by atoms with Crippen LogP contribution in [-0.4, -0.2) is 16.9 Å². The maximum atomic E-state index is 12.9. The predicted molar refractivity (Wildman–Crippen MR) is 89.9 cm³/mol. The van der Waals surface area contributed by atoms with Crippen LogP contribution in [0.15, 0.2) is 23.3 Å². The average Bonchev–Trinajstić information content (AvgIpc) is 2.47. The summed E-state index contributed by atoms with van der Waals surface area (Å²) >= 11 is 0. The second-order valence-corrected chi connectivity index (χ2v) is 8.46. The Hall–Kier alpha value is -1.38. The zero-order valence-electron chi connectivity index (χ0n) is 14.7. The molecule has 0 heterocycles. The molecule has 0 spiro atoms. The molecule has 0 aromatic heterocycles. The SMILES string of the molecule is CC(C)C1=CC[C@H]2C(=CC[C@@H]3[C@]2(C)CCC[C@@]3(C)C(=O)O)C1=O. The van der Waals surface area contributed by atoms with Crippen LogP contribution in [0.2, 0.25) is 0 Å². The normalized spacial score (nSPS) is 40.1. The minimum absolute atomic E-state index is 0.0792. The Labute approximate surface area is 138 Å². The van der Waals surface area contributed by atoms with E-state index in [1.165, 1.54) is 0 Å². The number of ketones is 1. The summed E-state index contributed by atoms with van der Waals surface area (Å²) in [4.78, 5) is 24.8. The van der Waals surface area contributed by atoms with Crippen LogP contribution in [0.5, 0.6) is 0 Å². The lowest BCUT2D eigenvalue weighted by molar-refractivity contribution is -0.162. The molecule has 3 heteroatoms. The molecule has 0 aliphatic heterocycles. The molecule has 0 radical (unpaired) electrons. The summed E-state index contributed by atoms with van der Waals surface area (Å²) in [6, 6.07) is 0. The molecular formula is C20H28O3. The summed E-state index contributed by atoms with van der Waals surface area (Å²) in [7, 11) is 0. The molecule has 3 rings (SSSR count). The van der Waals surface area contributed by atoms with Gasteiger partial charge in [-0.3, -0.25) is 9.59 Å². The molecule has 1 fully saturated rings. The van der Waals surface area contributed by atoms with Crippen molar-refractivity contribution in [2.45, 2.75) is 59.8 Å². The van der Waals surface area contributed by atoms with E-state index in [1.54, 1.807) is 0 Å². The molecule has 3 aliphatic rings. The lowest BCUT2D eigenvalue weighted by atomic mass is 9.46. The summed E-state index contributed by atoms with van der Waals surface area (Å²) in [5.41, 5.74) is 1.15. The minimum Gasteiger partial charge on any atom is -0.481 e. The summed E-state index contributed by atoms with van der Waals surface area (Å²) in [6.45, 7) is 8.29. The lowest BCUT2D eigenvalue weighted by Gasteiger charge is -2.56. The molecule has 126 valence electrons. The van der Waals surface area contributed by atoms with Gasteiger partial charge in [0.2, 0.25) is 0 Å². The quantitative estimate of drug-likeness (QED) is 0.822. The van der Waals surface area contributed by atoms with E-state index in [0.29, 0.717) is 0 Å². The Morgan fingerprint density at radius 3 is 2.52 bits per heavy atom. The molecule has 3 aliphatic carbocycles. The maximum Gasteiger partial charge on any atom is 0.309 e. The first-order valence-corrected chi connectivity index (χ1v) is 8.90. The van der Waals surface area contributed by atoms with Crippen molar-refractivity contribution in [2.24, 2.45) is 28.6 Å². The molecule has 0 unspecified atom stereocenters. The third-order valence-electron chi connectivity index (χ3n) is 6.93. The van der Waals surface area contributed by atoms with E-state index in [1.807, 2.05) is 6.92 Å². The van der Waals surface area contributed by atoms with Crippen LogP contribution in [0.25, 0.3) is 0 Å². The van der Waals surface area contributed by atoms with E-state index in [9.17, 15) is 14.7 Å². The second-order valence-electron chi connectivity index (χ2n) is 8.46. The van der Waals surface area contributed by atoms with E-state index in [0.717, 1.165) is 43.3 Å². The highest BCUT2D eigenvalue weighted by molar-refractivity contribution is 6.10. The van der Waals surface area contributed by atoms with Crippen LogP contribution in [0, 0.1) is 28.6 Å². The van der Waals surface area contributed by atoms with E-state index >= 15 is 0 Å². The summed E-state index contributed by atoms with van der Waals surface area (Å²) in [5, 5.41) is 9.81. The lowest BCUT2D eigenvalue weighted by Crippen LogP contribution is -2.53. The number of hydrogen-bond acceptors (Lipinski definition) is 2. The fourth-order valence-corrected chi connectivity index (χ4v) is 5.51. The van der Waals surface area contributed by atoms with Crippen LogP contribution in [0.3, 0.4) is 0 Å². The highest BCUT2D eigenvalue weighted by Gasteiger charge is 2.58. The van der Waals surface area contributed by atoms with Crippen LogP contribution >= 0.6 is 0 Å². The van der Waals surface area contributed by atoms with Crippen molar-refractivity contribution in [2.75, 3.05) is 0 Å². The van der Waals surface area contributed by atoms with Crippen molar-refractivity contribution in [1.82, 2.24) is 0 Å². The van der Waals surface area contributed by atoms with Gasteiger partial charge in [-0.15, -0.1) is 0 Å². The Morgan fingerprint density at radius 1 is 1.22 bits per heavy atom. The standard InChI is InChI=1S/C20H28O3/c1-12(2)13-6-8-15-14(17(13)21)7-9-16-19(15,3)10-5-11-20(16,4)18(22)23/h6-7,12,15-16H,5,8-11H2,1-4H3,(H,22,23)/t15-,16+,19+,20+/m0/s1. The molecular weight excluding hydrogens is 288 g/mol. The van der Waals surface area contributed by atoms with Crippen LogP contribution < -0.4 is 0 Å². The van der Waals surface area contributed by atoms with Gasteiger partial charge in [-0.2, -0.15) is 0 Å². The number of hydrogen-bond donors (Lipinski definition) is 1. The van der Waals surface area contributed by atoms with Crippen LogP contribution in [-0.2, 0) is 9.59 Å². The van der Waals surface area contributed by atoms with Crippen molar-refractivity contribution in [3.63, 3.8) is 0 Å². The fraction of sp³-hybridized carbons (Fsp3) is 0.700. The first-order chi connectivity index (χ1) is 10.7. The largest absolute Gasteiger partial charge is 0.481 e. The Bertz CT molecular complexity index is 612. The van der Waals surface area contributed by atoms with Crippen LogP contribution in [0.1, 0.15) is 59.8 Å². The van der Waals surface area contributed by atoms with E-state index in [4.69, 9.17) is 0 Å². The van der Waals surface area contributed by atoms with Crippen molar-refractivity contribution >= 4 is 11.8 Å². The van der Waals surface area contributed by atoms with Gasteiger partial charge in [0.05, 0.1) is 5.41 Å². The summed E-state index contributed by atoms with van der Waals surface area (Å²) < 4.78 is 0. The molecule has 4 atom stereocenters. The van der Waals surface area contributed by atoms with Gasteiger partial charge in [0.25, 0.3) is 0 Å². The van der Waals surface area contributed by atoms with Gasteiger partial charge in [0.1, 0.15) is 0 Å². The molecule has 0 bridgehead atoms. The number of allylic oxidation sites excluding steroid dienone is 4. The van der Waals surface area contributed by atoms with Gasteiger partial charge in [0, 0.05) is 0 Å². The van der Waals surface area contributed by atoms with Gasteiger partial charge < -0.3 is 5.11 Å². The van der Waals surface area contributed by atoms with Crippen molar-refractivity contribution in [1.29, 1.82) is 0 Å². The Balaban J connectivity index is 2.03. The highest BCUT2D eigenvalue weighted by Crippen LogP contribution is 2.61. The highest BCUT2D eigenvalue weighted by atomic mass is 16.4. The molecule has 1 saturated carbocycles. The number of carbonyl (C=O) groups is 2. The molecule has 0 saturated heterocycles. The fourth-order valence-electron chi connectivity index (χ4n) is 5.51. The first kappa shape index (κ1) is 16.5. The molecule has 0 aromatic rings. The zero-order valence-corrected chi connectivity index (χ0v) is 14.7. The molecule has 0 aromatic carbocycles. The van der Waals surface area contributed by atoms with E-state index < -0.39 is 11.4 Å². The third-order valence-corrected chi connectivity index (χ3v) is 6.93. The van der Waals surface area contributed by atoms with Gasteiger partial charge in [-0.1, -0.05) is 39.3 Å². The molecule has 3 nitrogen and oxygen atoms in total. The van der Waals surface area contributed by atoms with Gasteiger partial charge in [-0.05, 0) is 66.9 Å². The molecule has 0 amide bonds. The number of carboxylic acids is 1. The zero-order chi connectivity index (χ0) is 17.0. The monoisotopic (exact) mass is 316 g/mol. The van der Waals surface area contributed by atoms with Gasteiger partial charge in [0.15, 0.2) is 5.78 Å². The van der Waals surface area contributed by atoms with Gasteiger partial charge in [-0.25, -0.2) is 0 Å². The third kappa shape index (κ3) is 2.23. The minimum atomic E-state index is -0.675. The molecule has 1 N–H and O–H groups in total. The number of fused-ring (bicyclic) bond motifs is 3. The number of aliphatic carboxylic acids is 1. The van der Waals surface area contributed by atoms with E-state index in [2.05, 4.69) is 32.9 Å². The predicted octanol–water partition coefficient (Wildman–Crippen LogP) is 4.39. The topological polar surface area (TPSA) is 54.4 Å². The average molecular weight is 316 g/mol. The molecule has 23 heavy (non-hydrogen) atoms. The number of carboxylic acid groups (broad SMARTS) is 1. The second kappa shape index (κ2) is 5.32. The number of carbonyl (C=O) groups excluding carboxylic acids is 1. The smallest absolute Gasteiger partial charge is 0.309 e. The van der Waals surface area contributed by atoms with Crippen molar-refractivity contribution in [3.05, 3.63) is 23.3 Å². The van der Waals surface area contributed by atoms with Gasteiger partial charge >= 0.3 is 5.97 Å².